The first kappa shape index (κ1) is 60.7. The van der Waals surface area contributed by atoms with Crippen molar-refractivity contribution in [3.63, 3.8) is 0 Å². The molecule has 9 heteroatoms. The van der Waals surface area contributed by atoms with E-state index in [1.807, 2.05) is 6.08 Å². The number of carbonyl (C=O) groups excluding carboxylic acids is 1. The third kappa shape index (κ3) is 34.9. The SMILES string of the molecule is CCC/C=C\CCCCCCCC(=O)NC(COC1OC(CO)C(O)C(O)C1O)C(O)/C=C/CCCCCCCCCCCCCCCCCCCCCCCCCCCCCCC. The number of hydrogen-bond acceptors (Lipinski definition) is 8. The topological polar surface area (TPSA) is 149 Å². The Hall–Kier alpha value is -1.33. The van der Waals surface area contributed by atoms with E-state index >= 15 is 0 Å². The number of carbonyl (C=O) groups is 1. The second kappa shape index (κ2) is 45.5. The zero-order valence-electron chi connectivity index (χ0n) is 41.8. The third-order valence-electron chi connectivity index (χ3n) is 13.3. The fourth-order valence-corrected chi connectivity index (χ4v) is 8.87. The van der Waals surface area contributed by atoms with Crippen LogP contribution in [0.1, 0.15) is 264 Å². The third-order valence-corrected chi connectivity index (χ3v) is 13.3. The van der Waals surface area contributed by atoms with Crippen molar-refractivity contribution in [3.05, 3.63) is 24.3 Å². The molecule has 0 bridgehead atoms. The van der Waals surface area contributed by atoms with E-state index in [0.29, 0.717) is 6.42 Å². The first-order chi connectivity index (χ1) is 31.3. The van der Waals surface area contributed by atoms with Crippen molar-refractivity contribution in [1.82, 2.24) is 5.32 Å². The van der Waals surface area contributed by atoms with E-state index in [-0.39, 0.29) is 12.5 Å². The molecule has 0 saturated carbocycles. The maximum atomic E-state index is 12.9. The molecule has 1 fully saturated rings. The molecular weight excluding hydrogens is 803 g/mol. The highest BCUT2D eigenvalue weighted by Gasteiger charge is 2.44. The fourth-order valence-electron chi connectivity index (χ4n) is 8.87. The number of unbranched alkanes of at least 4 members (excludes halogenated alkanes) is 35. The molecule has 1 heterocycles. The average Bonchev–Trinajstić information content (AvgIpc) is 3.29. The molecule has 9 nitrogen and oxygen atoms in total. The molecular formula is C55H105NO8. The van der Waals surface area contributed by atoms with Crippen LogP contribution in [0.5, 0.6) is 0 Å². The Bertz CT molecular complexity index is 1060. The highest BCUT2D eigenvalue weighted by molar-refractivity contribution is 5.76. The first-order valence-corrected chi connectivity index (χ1v) is 27.6. The predicted octanol–water partition coefficient (Wildman–Crippen LogP) is 13.0. The molecule has 1 saturated heterocycles. The lowest BCUT2D eigenvalue weighted by atomic mass is 9.99. The van der Waals surface area contributed by atoms with Crippen molar-refractivity contribution in [2.24, 2.45) is 0 Å². The van der Waals surface area contributed by atoms with Gasteiger partial charge in [0, 0.05) is 6.42 Å². The number of aliphatic hydroxyl groups excluding tert-OH is 5. The van der Waals surface area contributed by atoms with Gasteiger partial charge in [-0.3, -0.25) is 4.79 Å². The summed E-state index contributed by atoms with van der Waals surface area (Å²) in [5.41, 5.74) is 0. The average molecular weight is 908 g/mol. The Morgan fingerprint density at radius 2 is 0.906 bits per heavy atom. The summed E-state index contributed by atoms with van der Waals surface area (Å²) in [6, 6.07) is -0.806. The Kier molecular flexibility index (Phi) is 43.1. The van der Waals surface area contributed by atoms with Crippen molar-refractivity contribution in [2.75, 3.05) is 13.2 Å². The standard InChI is InChI=1S/C55H105NO8/c1-3-5-7-9-11-13-15-16-17-18-19-20-21-22-23-24-25-26-27-28-29-30-31-32-33-34-35-36-38-40-42-44-49(58)48(47-63-55-54(62)53(61)52(60)50(46-57)64-55)56-51(59)45-43-41-39-37-14-12-10-8-6-4-2/h8,10,42,44,48-50,52-55,57-58,60-62H,3-7,9,11-41,43,45-47H2,1-2H3,(H,56,59)/b10-8-,44-42+. The van der Waals surface area contributed by atoms with Crippen LogP contribution in [-0.2, 0) is 14.3 Å². The number of hydrogen-bond donors (Lipinski definition) is 6. The smallest absolute Gasteiger partial charge is 0.220 e. The summed E-state index contributed by atoms with van der Waals surface area (Å²) in [4.78, 5) is 12.9. The van der Waals surface area contributed by atoms with Gasteiger partial charge in [0.25, 0.3) is 0 Å². The predicted molar refractivity (Wildman–Crippen MR) is 267 cm³/mol. The van der Waals surface area contributed by atoms with Crippen LogP contribution in [0, 0.1) is 0 Å². The summed E-state index contributed by atoms with van der Waals surface area (Å²) < 4.78 is 11.2. The molecule has 0 aromatic heterocycles. The van der Waals surface area contributed by atoms with E-state index < -0.39 is 49.5 Å². The van der Waals surface area contributed by atoms with E-state index in [9.17, 15) is 30.3 Å². The second-order valence-electron chi connectivity index (χ2n) is 19.4. The van der Waals surface area contributed by atoms with E-state index in [4.69, 9.17) is 9.47 Å². The number of rotatable bonds is 47. The van der Waals surface area contributed by atoms with Crippen molar-refractivity contribution >= 4 is 5.91 Å². The highest BCUT2D eigenvalue weighted by Crippen LogP contribution is 2.23. The summed E-state index contributed by atoms with van der Waals surface area (Å²) in [5.74, 6) is -0.187. The van der Waals surface area contributed by atoms with Crippen LogP contribution in [-0.4, -0.2) is 87.5 Å². The van der Waals surface area contributed by atoms with Crippen molar-refractivity contribution < 1.29 is 39.8 Å². The molecule has 378 valence electrons. The van der Waals surface area contributed by atoms with Gasteiger partial charge in [-0.2, -0.15) is 0 Å². The number of amides is 1. The van der Waals surface area contributed by atoms with Gasteiger partial charge in [-0.25, -0.2) is 0 Å². The molecule has 6 N–H and O–H groups in total. The Morgan fingerprint density at radius 1 is 0.516 bits per heavy atom. The lowest BCUT2D eigenvalue weighted by molar-refractivity contribution is -0.302. The maximum absolute atomic E-state index is 12.9. The molecule has 1 aliphatic rings. The quantitative estimate of drug-likeness (QED) is 0.0261. The van der Waals surface area contributed by atoms with Gasteiger partial charge in [0.05, 0.1) is 25.4 Å². The van der Waals surface area contributed by atoms with Gasteiger partial charge in [-0.15, -0.1) is 0 Å². The molecule has 1 aliphatic heterocycles. The van der Waals surface area contributed by atoms with Crippen LogP contribution in [0.4, 0.5) is 0 Å². The molecule has 0 aliphatic carbocycles. The van der Waals surface area contributed by atoms with Gasteiger partial charge in [0.15, 0.2) is 6.29 Å². The minimum atomic E-state index is -1.57. The fraction of sp³-hybridized carbons (Fsp3) is 0.909. The zero-order valence-corrected chi connectivity index (χ0v) is 41.8. The molecule has 0 aromatic carbocycles. The molecule has 7 unspecified atom stereocenters. The van der Waals surface area contributed by atoms with Crippen molar-refractivity contribution in [3.8, 4) is 0 Å². The van der Waals surface area contributed by atoms with Gasteiger partial charge < -0.3 is 40.3 Å². The van der Waals surface area contributed by atoms with E-state index in [1.54, 1.807) is 6.08 Å². The number of ether oxygens (including phenoxy) is 2. The van der Waals surface area contributed by atoms with Gasteiger partial charge in [-0.1, -0.05) is 244 Å². The van der Waals surface area contributed by atoms with Gasteiger partial charge >= 0.3 is 0 Å². The summed E-state index contributed by atoms with van der Waals surface area (Å²) in [7, 11) is 0. The van der Waals surface area contributed by atoms with Crippen LogP contribution in [0.15, 0.2) is 24.3 Å². The Labute approximate surface area is 394 Å². The second-order valence-corrected chi connectivity index (χ2v) is 19.4. The van der Waals surface area contributed by atoms with Gasteiger partial charge in [0.2, 0.25) is 5.91 Å². The van der Waals surface area contributed by atoms with Gasteiger partial charge in [-0.05, 0) is 38.5 Å². The Balaban J connectivity index is 2.12. The molecule has 0 aromatic rings. The summed E-state index contributed by atoms with van der Waals surface area (Å²) in [6.07, 6.45) is 49.9. The van der Waals surface area contributed by atoms with Gasteiger partial charge in [0.1, 0.15) is 24.4 Å². The first-order valence-electron chi connectivity index (χ1n) is 27.6. The molecule has 7 atom stereocenters. The summed E-state index contributed by atoms with van der Waals surface area (Å²) in [5, 5.41) is 54.3. The summed E-state index contributed by atoms with van der Waals surface area (Å²) >= 11 is 0. The van der Waals surface area contributed by atoms with Crippen molar-refractivity contribution in [1.29, 1.82) is 0 Å². The lowest BCUT2D eigenvalue weighted by Crippen LogP contribution is -2.60. The van der Waals surface area contributed by atoms with E-state index in [1.165, 1.54) is 180 Å². The van der Waals surface area contributed by atoms with Crippen molar-refractivity contribution in [2.45, 2.75) is 307 Å². The molecule has 0 radical (unpaired) electrons. The Morgan fingerprint density at radius 3 is 1.33 bits per heavy atom. The lowest BCUT2D eigenvalue weighted by Gasteiger charge is -2.40. The minimum absolute atomic E-state index is 0.187. The molecule has 64 heavy (non-hydrogen) atoms. The molecule has 1 rings (SSSR count). The number of allylic oxidation sites excluding steroid dienone is 3. The minimum Gasteiger partial charge on any atom is -0.394 e. The maximum Gasteiger partial charge on any atom is 0.220 e. The molecule has 1 amide bonds. The number of aliphatic hydroxyl groups is 5. The highest BCUT2D eigenvalue weighted by atomic mass is 16.7. The van der Waals surface area contributed by atoms with Crippen LogP contribution in [0.3, 0.4) is 0 Å². The van der Waals surface area contributed by atoms with Crippen LogP contribution < -0.4 is 5.32 Å². The summed E-state index contributed by atoms with van der Waals surface area (Å²) in [6.45, 7) is 3.72. The van der Waals surface area contributed by atoms with E-state index in [2.05, 4.69) is 31.3 Å². The largest absolute Gasteiger partial charge is 0.394 e. The van der Waals surface area contributed by atoms with Crippen LogP contribution >= 0.6 is 0 Å². The molecule has 0 spiro atoms. The zero-order chi connectivity index (χ0) is 46.6. The normalized spacial score (nSPS) is 20.1. The van der Waals surface area contributed by atoms with E-state index in [0.717, 1.165) is 64.2 Å². The number of nitrogens with one attached hydrogen (secondary N) is 1. The van der Waals surface area contributed by atoms with Crippen LogP contribution in [0.2, 0.25) is 0 Å². The van der Waals surface area contributed by atoms with Crippen LogP contribution in [0.25, 0.3) is 0 Å². The monoisotopic (exact) mass is 908 g/mol.